The standard InChI is InChI=1S/C28H43N3O7/c1-5-8-11-21(33)29-18-19(4)37-27(36)22-20-12-13-28(38-20)23(22)25(34)31(16-10-17-32)24(28)26(35)30(14-7-3)15-9-6-2/h5,7,19-20,22-24,32H,1,3,6,8-18H2,2,4H3,(H,29,33)/t19-,20-,22+,23+,24-,28+/m0/s1. The Kier molecular flexibility index (Phi) is 10.5. The molecule has 3 saturated heterocycles. The Hall–Kier alpha value is -2.72. The summed E-state index contributed by atoms with van der Waals surface area (Å²) in [4.78, 5) is 56.2. The molecule has 10 heteroatoms. The number of carbonyl (C=O) groups is 4. The number of amides is 3. The van der Waals surface area contributed by atoms with Gasteiger partial charge in [0.25, 0.3) is 0 Å². The van der Waals surface area contributed by atoms with Crippen molar-refractivity contribution >= 4 is 23.7 Å². The van der Waals surface area contributed by atoms with E-state index in [0.717, 1.165) is 12.8 Å². The number of carbonyl (C=O) groups excluding carboxylic acids is 4. The van der Waals surface area contributed by atoms with Gasteiger partial charge in [-0.15, -0.1) is 13.2 Å². The fourth-order valence-corrected chi connectivity index (χ4v) is 6.05. The quantitative estimate of drug-likeness (QED) is 0.228. The van der Waals surface area contributed by atoms with Crippen LogP contribution in [0.15, 0.2) is 25.3 Å². The smallest absolute Gasteiger partial charge is 0.312 e. The highest BCUT2D eigenvalue weighted by Crippen LogP contribution is 2.58. The molecule has 0 saturated carbocycles. The lowest BCUT2D eigenvalue weighted by atomic mass is 9.70. The van der Waals surface area contributed by atoms with Crippen molar-refractivity contribution < 1.29 is 33.8 Å². The van der Waals surface area contributed by atoms with E-state index in [1.807, 2.05) is 6.92 Å². The molecule has 3 fully saturated rings. The molecule has 0 unspecified atom stereocenters. The van der Waals surface area contributed by atoms with Gasteiger partial charge in [-0.05, 0) is 39.0 Å². The minimum atomic E-state index is -1.11. The molecule has 0 aliphatic carbocycles. The van der Waals surface area contributed by atoms with Gasteiger partial charge in [-0.1, -0.05) is 25.5 Å². The number of aliphatic hydroxyl groups is 1. The number of likely N-dealkylation sites (tertiary alicyclic amines) is 1. The summed E-state index contributed by atoms with van der Waals surface area (Å²) < 4.78 is 12.1. The average Bonchev–Trinajstić information content (AvgIpc) is 3.54. The van der Waals surface area contributed by atoms with Crippen molar-refractivity contribution in [2.45, 2.75) is 82.6 Å². The second kappa shape index (κ2) is 13.4. The lowest BCUT2D eigenvalue weighted by Crippen LogP contribution is -2.56. The van der Waals surface area contributed by atoms with Crippen LogP contribution in [0, 0.1) is 11.8 Å². The van der Waals surface area contributed by atoms with Crippen molar-refractivity contribution in [3.63, 3.8) is 0 Å². The van der Waals surface area contributed by atoms with Crippen LogP contribution in [-0.2, 0) is 28.7 Å². The highest BCUT2D eigenvalue weighted by atomic mass is 16.6. The van der Waals surface area contributed by atoms with Crippen LogP contribution in [0.4, 0.5) is 0 Å². The van der Waals surface area contributed by atoms with E-state index in [1.54, 1.807) is 24.0 Å². The molecule has 0 aromatic carbocycles. The van der Waals surface area contributed by atoms with E-state index in [9.17, 15) is 24.3 Å². The fourth-order valence-electron chi connectivity index (χ4n) is 6.05. The molecular formula is C28H43N3O7. The topological polar surface area (TPSA) is 125 Å². The lowest BCUT2D eigenvalue weighted by molar-refractivity contribution is -0.159. The Morgan fingerprint density at radius 2 is 2.08 bits per heavy atom. The number of fused-ring (bicyclic) bond motifs is 1. The summed E-state index contributed by atoms with van der Waals surface area (Å²) in [5, 5.41) is 12.2. The molecule has 6 atom stereocenters. The molecule has 10 nitrogen and oxygen atoms in total. The first-order valence-corrected chi connectivity index (χ1v) is 13.8. The number of hydrogen-bond donors (Lipinski definition) is 2. The minimum Gasteiger partial charge on any atom is -0.460 e. The maximum Gasteiger partial charge on any atom is 0.312 e. The number of aliphatic hydroxyl groups excluding tert-OH is 1. The SMILES string of the molecule is C=CCCC(=O)NC[C@H](C)OC(=O)[C@@H]1[C@@H]2CC[C@]3(O2)[C@H](C(=O)N(CC=C)CCCC)N(CCCO)C(=O)[C@@H]13. The van der Waals surface area contributed by atoms with Crippen molar-refractivity contribution in [2.75, 3.05) is 32.8 Å². The number of esters is 1. The monoisotopic (exact) mass is 533 g/mol. The first kappa shape index (κ1) is 29.8. The minimum absolute atomic E-state index is 0.125. The second-order valence-corrected chi connectivity index (χ2v) is 10.5. The molecule has 38 heavy (non-hydrogen) atoms. The van der Waals surface area contributed by atoms with Crippen LogP contribution in [0.2, 0.25) is 0 Å². The van der Waals surface area contributed by atoms with Crippen molar-refractivity contribution in [3.8, 4) is 0 Å². The normalized spacial score (nSPS) is 28.1. The predicted octanol–water partition coefficient (Wildman–Crippen LogP) is 1.57. The van der Waals surface area contributed by atoms with Crippen molar-refractivity contribution in [3.05, 3.63) is 25.3 Å². The molecule has 2 bridgehead atoms. The average molecular weight is 534 g/mol. The Labute approximate surface area is 225 Å². The Morgan fingerprint density at radius 3 is 2.74 bits per heavy atom. The number of unbranched alkanes of at least 4 members (excludes halogenated alkanes) is 1. The van der Waals surface area contributed by atoms with E-state index < -0.39 is 41.7 Å². The van der Waals surface area contributed by atoms with Crippen molar-refractivity contribution in [1.29, 1.82) is 0 Å². The predicted molar refractivity (Wildman–Crippen MR) is 141 cm³/mol. The third-order valence-corrected chi connectivity index (χ3v) is 7.79. The highest BCUT2D eigenvalue weighted by Gasteiger charge is 2.75. The molecule has 3 amide bonds. The van der Waals surface area contributed by atoms with Gasteiger partial charge in [0, 0.05) is 32.7 Å². The lowest BCUT2D eigenvalue weighted by Gasteiger charge is -2.36. The van der Waals surface area contributed by atoms with Crippen molar-refractivity contribution in [2.24, 2.45) is 11.8 Å². The number of allylic oxidation sites excluding steroid dienone is 1. The van der Waals surface area contributed by atoms with E-state index in [-0.39, 0.29) is 37.4 Å². The first-order valence-electron chi connectivity index (χ1n) is 13.8. The number of rotatable bonds is 16. The summed E-state index contributed by atoms with van der Waals surface area (Å²) in [5.41, 5.74) is -1.11. The zero-order chi connectivity index (χ0) is 27.9. The first-order chi connectivity index (χ1) is 18.2. The summed E-state index contributed by atoms with van der Waals surface area (Å²) in [7, 11) is 0. The zero-order valence-electron chi connectivity index (χ0n) is 22.7. The number of nitrogens with one attached hydrogen (secondary N) is 1. The van der Waals surface area contributed by atoms with Crippen LogP contribution in [-0.4, -0.2) is 95.2 Å². The molecule has 3 rings (SSSR count). The highest BCUT2D eigenvalue weighted by molar-refractivity contribution is 5.98. The summed E-state index contributed by atoms with van der Waals surface area (Å²) in [5.74, 6) is -2.88. The molecule has 3 aliphatic rings. The van der Waals surface area contributed by atoms with Gasteiger partial charge in [-0.25, -0.2) is 0 Å². The van der Waals surface area contributed by atoms with Gasteiger partial charge < -0.3 is 29.7 Å². The van der Waals surface area contributed by atoms with Crippen LogP contribution < -0.4 is 5.32 Å². The zero-order valence-corrected chi connectivity index (χ0v) is 22.7. The van der Waals surface area contributed by atoms with Gasteiger partial charge in [0.1, 0.15) is 17.7 Å². The van der Waals surface area contributed by atoms with E-state index >= 15 is 0 Å². The third-order valence-electron chi connectivity index (χ3n) is 7.79. The van der Waals surface area contributed by atoms with Crippen LogP contribution in [0.5, 0.6) is 0 Å². The van der Waals surface area contributed by atoms with E-state index in [0.29, 0.717) is 45.2 Å². The summed E-state index contributed by atoms with van der Waals surface area (Å²) in [6.45, 7) is 12.2. The number of ether oxygens (including phenoxy) is 2. The van der Waals surface area contributed by atoms with Crippen LogP contribution in [0.1, 0.15) is 58.8 Å². The molecule has 2 N–H and O–H groups in total. The Balaban J connectivity index is 1.80. The van der Waals surface area contributed by atoms with Gasteiger partial charge in [0.15, 0.2) is 0 Å². The van der Waals surface area contributed by atoms with Gasteiger partial charge in [-0.3, -0.25) is 19.2 Å². The van der Waals surface area contributed by atoms with Gasteiger partial charge in [-0.2, -0.15) is 0 Å². The molecule has 212 valence electrons. The molecule has 0 radical (unpaired) electrons. The fraction of sp³-hybridized carbons (Fsp3) is 0.714. The Bertz CT molecular complexity index is 909. The van der Waals surface area contributed by atoms with E-state index in [1.165, 1.54) is 4.90 Å². The maximum absolute atomic E-state index is 13.9. The number of nitrogens with zero attached hydrogens (tertiary/aromatic N) is 2. The second-order valence-electron chi connectivity index (χ2n) is 10.5. The molecule has 0 aromatic rings. The van der Waals surface area contributed by atoms with Crippen LogP contribution in [0.3, 0.4) is 0 Å². The van der Waals surface area contributed by atoms with Gasteiger partial charge in [0.2, 0.25) is 17.7 Å². The molecular weight excluding hydrogens is 490 g/mol. The molecule has 0 aromatic heterocycles. The Morgan fingerprint density at radius 1 is 1.32 bits per heavy atom. The van der Waals surface area contributed by atoms with Gasteiger partial charge in [0.05, 0.1) is 24.5 Å². The third kappa shape index (κ3) is 5.96. The van der Waals surface area contributed by atoms with E-state index in [2.05, 4.69) is 18.5 Å². The number of hydrogen-bond acceptors (Lipinski definition) is 7. The molecule has 3 aliphatic heterocycles. The molecule has 1 spiro atoms. The van der Waals surface area contributed by atoms with Crippen molar-refractivity contribution in [1.82, 2.24) is 15.1 Å². The van der Waals surface area contributed by atoms with E-state index in [4.69, 9.17) is 9.47 Å². The van der Waals surface area contributed by atoms with Crippen LogP contribution >= 0.6 is 0 Å². The summed E-state index contributed by atoms with van der Waals surface area (Å²) in [6, 6.07) is -0.868. The maximum atomic E-state index is 13.9. The largest absolute Gasteiger partial charge is 0.460 e. The molecule has 3 heterocycles. The summed E-state index contributed by atoms with van der Waals surface area (Å²) >= 11 is 0. The summed E-state index contributed by atoms with van der Waals surface area (Å²) in [6.07, 6.45) is 6.17. The van der Waals surface area contributed by atoms with Crippen LogP contribution in [0.25, 0.3) is 0 Å². The van der Waals surface area contributed by atoms with Gasteiger partial charge >= 0.3 is 5.97 Å².